The lowest BCUT2D eigenvalue weighted by Gasteiger charge is -2.41. The van der Waals surface area contributed by atoms with Gasteiger partial charge >= 0.3 is 5.97 Å². The quantitative estimate of drug-likeness (QED) is 0.284. The van der Waals surface area contributed by atoms with Crippen molar-refractivity contribution in [2.75, 3.05) is 24.6 Å². The first-order chi connectivity index (χ1) is 19.3. The van der Waals surface area contributed by atoms with Crippen molar-refractivity contribution in [1.82, 2.24) is 4.98 Å². The Morgan fingerprint density at radius 3 is 2.00 bits per heavy atom. The van der Waals surface area contributed by atoms with Gasteiger partial charge in [-0.2, -0.15) is 0 Å². The Balaban J connectivity index is 1.82. The first kappa shape index (κ1) is 30.6. The van der Waals surface area contributed by atoms with Crippen LogP contribution in [-0.4, -0.2) is 41.4 Å². The number of carboxylic acids is 1. The van der Waals surface area contributed by atoms with Crippen LogP contribution in [0, 0.1) is 19.3 Å². The molecule has 1 fully saturated rings. The van der Waals surface area contributed by atoms with E-state index in [4.69, 9.17) is 14.5 Å². The van der Waals surface area contributed by atoms with E-state index in [1.54, 1.807) is 0 Å². The molecule has 4 rings (SSSR count). The third kappa shape index (κ3) is 7.28. The number of piperidine rings is 1. The second-order valence-corrected chi connectivity index (χ2v) is 13.0. The lowest BCUT2D eigenvalue weighted by atomic mass is 9.81. The summed E-state index contributed by atoms with van der Waals surface area (Å²) in [7, 11) is 0. The van der Waals surface area contributed by atoms with Gasteiger partial charge in [-0.15, -0.1) is 0 Å². The number of pyridine rings is 1. The Kier molecular flexibility index (Phi) is 9.13. The van der Waals surface area contributed by atoms with Crippen molar-refractivity contribution in [3.8, 4) is 28.0 Å². The van der Waals surface area contributed by atoms with E-state index in [0.29, 0.717) is 17.9 Å². The molecule has 1 unspecified atom stereocenters. The van der Waals surface area contributed by atoms with E-state index < -0.39 is 17.7 Å². The molecule has 1 aliphatic heterocycles. The van der Waals surface area contributed by atoms with Crippen molar-refractivity contribution < 1.29 is 19.4 Å². The van der Waals surface area contributed by atoms with Gasteiger partial charge in [-0.3, -0.25) is 4.98 Å². The molecule has 0 amide bonds. The average Bonchev–Trinajstić information content (AvgIpc) is 2.90. The standard InChI is InChI=1S/C35H46N2O4/c1-9-22-40-28-16-14-26(15-17-28)25-10-12-27(13-11-25)29-23(2)36-24(3)30(32(33(38)39)41-34(4,5)6)31(29)37-20-18-35(7,8)19-21-37/h10-17,32H,9,18-22H2,1-8H3,(H,38,39). The molecule has 41 heavy (non-hydrogen) atoms. The fourth-order valence-corrected chi connectivity index (χ4v) is 5.55. The van der Waals surface area contributed by atoms with Crippen LogP contribution >= 0.6 is 0 Å². The molecule has 6 nitrogen and oxygen atoms in total. The second kappa shape index (κ2) is 12.2. The van der Waals surface area contributed by atoms with E-state index in [9.17, 15) is 9.90 Å². The average molecular weight is 559 g/mol. The molecule has 0 saturated carbocycles. The summed E-state index contributed by atoms with van der Waals surface area (Å²) in [5.41, 5.74) is 7.00. The lowest BCUT2D eigenvalue weighted by Crippen LogP contribution is -2.39. The molecule has 1 atom stereocenters. The number of benzene rings is 2. The zero-order valence-electron chi connectivity index (χ0n) is 26.0. The van der Waals surface area contributed by atoms with E-state index in [1.807, 2.05) is 46.8 Å². The number of hydrogen-bond acceptors (Lipinski definition) is 5. The number of aromatic nitrogens is 1. The van der Waals surface area contributed by atoms with Crippen molar-refractivity contribution in [1.29, 1.82) is 0 Å². The normalized spacial score (nSPS) is 16.0. The topological polar surface area (TPSA) is 71.9 Å². The van der Waals surface area contributed by atoms with E-state index in [0.717, 1.165) is 71.7 Å². The zero-order valence-corrected chi connectivity index (χ0v) is 26.0. The largest absolute Gasteiger partial charge is 0.494 e. The number of ether oxygens (including phenoxy) is 2. The van der Waals surface area contributed by atoms with Crippen molar-refractivity contribution in [3.63, 3.8) is 0 Å². The van der Waals surface area contributed by atoms with Crippen LogP contribution in [0.2, 0.25) is 0 Å². The molecule has 220 valence electrons. The van der Waals surface area contributed by atoms with Crippen LogP contribution in [-0.2, 0) is 9.53 Å². The molecule has 1 aromatic heterocycles. The van der Waals surface area contributed by atoms with Gasteiger partial charge in [0.15, 0.2) is 6.10 Å². The molecular formula is C35H46N2O4. The highest BCUT2D eigenvalue weighted by Gasteiger charge is 2.36. The maximum Gasteiger partial charge on any atom is 0.337 e. The van der Waals surface area contributed by atoms with Gasteiger partial charge < -0.3 is 19.5 Å². The van der Waals surface area contributed by atoms with Gasteiger partial charge in [-0.25, -0.2) is 4.79 Å². The van der Waals surface area contributed by atoms with E-state index in [1.165, 1.54) is 0 Å². The van der Waals surface area contributed by atoms with Crippen LogP contribution in [0.1, 0.15) is 83.9 Å². The molecule has 6 heteroatoms. The maximum absolute atomic E-state index is 12.7. The molecular weight excluding hydrogens is 512 g/mol. The van der Waals surface area contributed by atoms with Crippen molar-refractivity contribution in [2.45, 2.75) is 86.4 Å². The third-order valence-electron chi connectivity index (χ3n) is 7.80. The molecule has 0 aliphatic carbocycles. The first-order valence-corrected chi connectivity index (χ1v) is 14.8. The minimum Gasteiger partial charge on any atom is -0.494 e. The number of hydrogen-bond donors (Lipinski definition) is 1. The molecule has 1 N–H and O–H groups in total. The molecule has 1 aliphatic rings. The fraction of sp³-hybridized carbons (Fsp3) is 0.486. The van der Waals surface area contributed by atoms with Crippen molar-refractivity contribution in [3.05, 3.63) is 65.5 Å². The third-order valence-corrected chi connectivity index (χ3v) is 7.80. The molecule has 0 bridgehead atoms. The van der Waals surface area contributed by atoms with Crippen LogP contribution in [0.25, 0.3) is 22.3 Å². The summed E-state index contributed by atoms with van der Waals surface area (Å²) in [4.78, 5) is 20.0. The van der Waals surface area contributed by atoms with Crippen molar-refractivity contribution in [2.24, 2.45) is 5.41 Å². The smallest absolute Gasteiger partial charge is 0.337 e. The molecule has 0 spiro atoms. The number of nitrogens with zero attached hydrogens (tertiary/aromatic N) is 2. The summed E-state index contributed by atoms with van der Waals surface area (Å²) in [6, 6.07) is 16.7. The highest BCUT2D eigenvalue weighted by molar-refractivity contribution is 5.88. The summed E-state index contributed by atoms with van der Waals surface area (Å²) in [5, 5.41) is 10.4. The summed E-state index contributed by atoms with van der Waals surface area (Å²) < 4.78 is 11.9. The van der Waals surface area contributed by atoms with Gasteiger partial charge in [-0.1, -0.05) is 57.2 Å². The Bertz CT molecular complexity index is 1340. The number of anilines is 1. The molecule has 2 aromatic carbocycles. The Morgan fingerprint density at radius 2 is 1.49 bits per heavy atom. The molecule has 3 aromatic rings. The predicted molar refractivity (Wildman–Crippen MR) is 167 cm³/mol. The molecule has 0 radical (unpaired) electrons. The fourth-order valence-electron chi connectivity index (χ4n) is 5.55. The van der Waals surface area contributed by atoms with Gasteiger partial charge in [-0.05, 0) is 88.1 Å². The number of carboxylic acid groups (broad SMARTS) is 1. The highest BCUT2D eigenvalue weighted by atomic mass is 16.5. The minimum atomic E-state index is -1.13. The Morgan fingerprint density at radius 1 is 0.951 bits per heavy atom. The van der Waals surface area contributed by atoms with Gasteiger partial charge in [0.05, 0.1) is 17.9 Å². The number of aliphatic carboxylic acids is 1. The summed E-state index contributed by atoms with van der Waals surface area (Å²) >= 11 is 0. The number of rotatable bonds is 9. The summed E-state index contributed by atoms with van der Waals surface area (Å²) in [5.74, 6) is -0.124. The molecule has 2 heterocycles. The number of aryl methyl sites for hydroxylation is 2. The minimum absolute atomic E-state index is 0.251. The second-order valence-electron chi connectivity index (χ2n) is 13.0. The van der Waals surface area contributed by atoms with Gasteiger partial charge in [0, 0.05) is 35.6 Å². The summed E-state index contributed by atoms with van der Waals surface area (Å²) in [6.45, 7) is 18.7. The number of carbonyl (C=O) groups is 1. The van der Waals surface area contributed by atoms with Crippen LogP contribution < -0.4 is 9.64 Å². The van der Waals surface area contributed by atoms with Gasteiger partial charge in [0.2, 0.25) is 0 Å². The van der Waals surface area contributed by atoms with Crippen LogP contribution in [0.3, 0.4) is 0 Å². The lowest BCUT2D eigenvalue weighted by molar-refractivity contribution is -0.160. The highest BCUT2D eigenvalue weighted by Crippen LogP contribution is 2.45. The van der Waals surface area contributed by atoms with Crippen LogP contribution in [0.5, 0.6) is 5.75 Å². The molecule has 1 saturated heterocycles. The zero-order chi connectivity index (χ0) is 29.9. The Hall–Kier alpha value is -3.38. The van der Waals surface area contributed by atoms with E-state index >= 15 is 0 Å². The predicted octanol–water partition coefficient (Wildman–Crippen LogP) is 8.39. The maximum atomic E-state index is 12.7. The van der Waals surface area contributed by atoms with Gasteiger partial charge in [0.1, 0.15) is 5.75 Å². The van der Waals surface area contributed by atoms with Crippen molar-refractivity contribution >= 4 is 11.7 Å². The Labute approximate surface area is 245 Å². The SMILES string of the molecule is CCCOc1ccc(-c2ccc(-c3c(C)nc(C)c(C(OC(C)(C)C)C(=O)O)c3N3CCC(C)(C)CC3)cc2)cc1. The first-order valence-electron chi connectivity index (χ1n) is 14.8. The van der Waals surface area contributed by atoms with Gasteiger partial charge in [0.25, 0.3) is 0 Å². The van der Waals surface area contributed by atoms with E-state index in [2.05, 4.69) is 62.1 Å². The van der Waals surface area contributed by atoms with Crippen LogP contribution in [0.4, 0.5) is 5.69 Å². The van der Waals surface area contributed by atoms with Crippen LogP contribution in [0.15, 0.2) is 48.5 Å². The van der Waals surface area contributed by atoms with E-state index in [-0.39, 0.29) is 5.41 Å². The summed E-state index contributed by atoms with van der Waals surface area (Å²) in [6.07, 6.45) is 1.91. The monoisotopic (exact) mass is 558 g/mol.